The minimum atomic E-state index is -1.35. The molecule has 11 amide bonds. The SMILES string of the molecule is CC(=O)NCCCC[C@H](NC(=O)[C@@H]1CCCN1C(=O)CNC(=O)[C@H](C)NC(=O)[C@H](CC(C)C)NC(=O)CNC(=O)[C@H](CC(C)C)NC(=O)[C@H](CCC(N)=O)NC(=O)CNC(=O)[C@@H]1C[C@@H](O)CN1)C(=O)O. The number of aliphatic carboxylic acids is 1. The van der Waals surface area contributed by atoms with Gasteiger partial charge < -0.3 is 74.0 Å². The van der Waals surface area contributed by atoms with Gasteiger partial charge in [-0.2, -0.15) is 0 Å². The van der Waals surface area contributed by atoms with Gasteiger partial charge in [0.2, 0.25) is 65.0 Å². The summed E-state index contributed by atoms with van der Waals surface area (Å²) in [5, 5.41) is 44.6. The molecule has 0 saturated carbocycles. The number of aliphatic hydroxyl groups excluding tert-OH is 1. The van der Waals surface area contributed by atoms with Crippen LogP contribution in [0.15, 0.2) is 0 Å². The topological polar surface area (TPSA) is 395 Å². The molecule has 70 heavy (non-hydrogen) atoms. The summed E-state index contributed by atoms with van der Waals surface area (Å²) in [4.78, 5) is 154. The molecular weight excluding hydrogens is 921 g/mol. The van der Waals surface area contributed by atoms with E-state index in [0.29, 0.717) is 25.8 Å². The van der Waals surface area contributed by atoms with Crippen molar-refractivity contribution in [2.75, 3.05) is 39.3 Å². The molecule has 2 rings (SSSR count). The van der Waals surface area contributed by atoms with Crippen LogP contribution in [0.4, 0.5) is 0 Å². The van der Waals surface area contributed by atoms with Gasteiger partial charge in [-0.05, 0) is 76.5 Å². The highest BCUT2D eigenvalue weighted by Gasteiger charge is 2.37. The number of primary amides is 1. The average Bonchev–Trinajstić information content (AvgIpc) is 3.96. The Bertz CT molecular complexity index is 1880. The van der Waals surface area contributed by atoms with Crippen LogP contribution in [-0.4, -0.2) is 174 Å². The first-order valence-electron chi connectivity index (χ1n) is 23.7. The van der Waals surface area contributed by atoms with Crippen molar-refractivity contribution in [3.05, 3.63) is 0 Å². The summed E-state index contributed by atoms with van der Waals surface area (Å²) >= 11 is 0. The van der Waals surface area contributed by atoms with Gasteiger partial charge >= 0.3 is 5.97 Å². The molecular formula is C44H74N12O14. The number of nitrogens with one attached hydrogen (secondary N) is 10. The van der Waals surface area contributed by atoms with Crippen molar-refractivity contribution in [2.45, 2.75) is 154 Å². The molecule has 26 nitrogen and oxygen atoms in total. The van der Waals surface area contributed by atoms with Crippen LogP contribution < -0.4 is 58.9 Å². The van der Waals surface area contributed by atoms with E-state index in [1.165, 1.54) is 18.7 Å². The number of hydrogen-bond acceptors (Lipinski definition) is 14. The molecule has 394 valence electrons. The standard InChI is InChI=1S/C44H74N12O14/c1-23(2)16-31(55-41(66)28(12-13-34(45)59)52-35(60)20-48-39(64)30-18-27(58)19-47-30)40(65)49-21-36(61)53-32(17-24(3)4)42(67)51-25(5)38(63)50-22-37(62)56-15-9-11-33(56)43(68)54-29(44(69)70)10-7-8-14-46-26(6)57/h23-25,27-33,47,58H,7-22H2,1-6H3,(H2,45,59)(H,46,57)(H,48,64)(H,49,65)(H,50,63)(H,51,67)(H,52,60)(H,53,61)(H,54,68)(H,55,66)(H,69,70)/t25-,27+,28-,29-,30-,31-,32-,33-/m0/s1. The second-order valence-electron chi connectivity index (χ2n) is 18.4. The van der Waals surface area contributed by atoms with Crippen molar-refractivity contribution in [3.63, 3.8) is 0 Å². The molecule has 0 bridgehead atoms. The number of aliphatic hydroxyl groups is 1. The van der Waals surface area contributed by atoms with Crippen LogP contribution in [0.3, 0.4) is 0 Å². The van der Waals surface area contributed by atoms with Gasteiger partial charge in [-0.1, -0.05) is 27.7 Å². The van der Waals surface area contributed by atoms with Gasteiger partial charge in [0.1, 0.15) is 36.3 Å². The maximum Gasteiger partial charge on any atom is 0.326 e. The van der Waals surface area contributed by atoms with E-state index < -0.39 is 133 Å². The van der Waals surface area contributed by atoms with Gasteiger partial charge in [-0.15, -0.1) is 0 Å². The molecule has 8 atom stereocenters. The monoisotopic (exact) mass is 995 g/mol. The Hall–Kier alpha value is -6.44. The van der Waals surface area contributed by atoms with E-state index in [4.69, 9.17) is 5.73 Å². The number of unbranched alkanes of at least 4 members (excludes halogenated alkanes) is 1. The molecule has 0 unspecified atom stereocenters. The van der Waals surface area contributed by atoms with Gasteiger partial charge in [0.15, 0.2) is 0 Å². The number of nitrogens with two attached hydrogens (primary N) is 1. The summed E-state index contributed by atoms with van der Waals surface area (Å²) < 4.78 is 0. The van der Waals surface area contributed by atoms with Crippen LogP contribution in [0.25, 0.3) is 0 Å². The highest BCUT2D eigenvalue weighted by molar-refractivity contribution is 5.97. The lowest BCUT2D eigenvalue weighted by molar-refractivity contribution is -0.144. The molecule has 0 aromatic rings. The van der Waals surface area contributed by atoms with Crippen molar-refractivity contribution in [1.29, 1.82) is 0 Å². The van der Waals surface area contributed by atoms with Crippen LogP contribution in [0.5, 0.6) is 0 Å². The minimum absolute atomic E-state index is 0.0842. The van der Waals surface area contributed by atoms with Gasteiger partial charge in [0, 0.05) is 33.0 Å². The number of likely N-dealkylation sites (tertiary alicyclic amines) is 1. The zero-order valence-corrected chi connectivity index (χ0v) is 40.9. The van der Waals surface area contributed by atoms with E-state index in [0.717, 1.165) is 0 Å². The number of nitrogens with zero attached hydrogens (tertiary/aromatic N) is 1. The quantitative estimate of drug-likeness (QED) is 0.0301. The third-order valence-corrected chi connectivity index (χ3v) is 11.3. The Balaban J connectivity index is 1.96. The minimum Gasteiger partial charge on any atom is -0.480 e. The summed E-state index contributed by atoms with van der Waals surface area (Å²) in [5.41, 5.74) is 5.29. The third kappa shape index (κ3) is 22.3. The number of amides is 11. The molecule has 0 aromatic heterocycles. The molecule has 2 aliphatic rings. The largest absolute Gasteiger partial charge is 0.480 e. The fourth-order valence-electron chi connectivity index (χ4n) is 7.62. The Morgan fingerprint density at radius 2 is 1.24 bits per heavy atom. The van der Waals surface area contributed by atoms with E-state index in [2.05, 4.69) is 53.2 Å². The van der Waals surface area contributed by atoms with E-state index in [9.17, 15) is 67.7 Å². The predicted octanol–water partition coefficient (Wildman–Crippen LogP) is -4.76. The van der Waals surface area contributed by atoms with Gasteiger partial charge in [-0.3, -0.25) is 52.7 Å². The molecule has 2 heterocycles. The number of carbonyl (C=O) groups excluding carboxylic acids is 11. The van der Waals surface area contributed by atoms with Gasteiger partial charge in [0.05, 0.1) is 31.8 Å². The zero-order chi connectivity index (χ0) is 52.7. The Kier molecular flexibility index (Phi) is 25.8. The average molecular weight is 995 g/mol. The molecule has 2 fully saturated rings. The Morgan fingerprint density at radius 3 is 1.81 bits per heavy atom. The van der Waals surface area contributed by atoms with Crippen molar-refractivity contribution in [2.24, 2.45) is 17.6 Å². The number of β-amino-alcohol motifs (C(OH)–C–C–N with tert-alkyl or cyclic N) is 1. The van der Waals surface area contributed by atoms with Crippen LogP contribution in [0.1, 0.15) is 106 Å². The predicted molar refractivity (Wildman–Crippen MR) is 249 cm³/mol. The Labute approximate surface area is 407 Å². The van der Waals surface area contributed by atoms with Crippen molar-refractivity contribution >= 4 is 70.9 Å². The lowest BCUT2D eigenvalue weighted by Crippen LogP contribution is -2.57. The molecule has 2 saturated heterocycles. The van der Waals surface area contributed by atoms with E-state index in [1.807, 2.05) is 0 Å². The summed E-state index contributed by atoms with van der Waals surface area (Å²) in [6.07, 6.45) is 0.825. The van der Waals surface area contributed by atoms with Gasteiger partial charge in [-0.25, -0.2) is 4.79 Å². The van der Waals surface area contributed by atoms with Crippen molar-refractivity contribution in [1.82, 2.24) is 58.1 Å². The number of hydrogen-bond donors (Lipinski definition) is 13. The highest BCUT2D eigenvalue weighted by Crippen LogP contribution is 2.18. The molecule has 0 radical (unpaired) electrons. The zero-order valence-electron chi connectivity index (χ0n) is 40.9. The molecule has 0 aliphatic carbocycles. The first kappa shape index (κ1) is 59.7. The van der Waals surface area contributed by atoms with Crippen molar-refractivity contribution in [3.8, 4) is 0 Å². The first-order chi connectivity index (χ1) is 32.9. The molecule has 0 aromatic carbocycles. The highest BCUT2D eigenvalue weighted by atomic mass is 16.4. The maximum absolute atomic E-state index is 13.5. The summed E-state index contributed by atoms with van der Waals surface area (Å²) in [5.74, 6) is -9.03. The summed E-state index contributed by atoms with van der Waals surface area (Å²) in [6.45, 7) is 8.88. The molecule has 26 heteroatoms. The normalized spacial score (nSPS) is 18.5. The van der Waals surface area contributed by atoms with E-state index >= 15 is 0 Å². The van der Waals surface area contributed by atoms with Crippen LogP contribution in [0.2, 0.25) is 0 Å². The second kappa shape index (κ2) is 30.2. The lowest BCUT2D eigenvalue weighted by Gasteiger charge is -2.26. The summed E-state index contributed by atoms with van der Waals surface area (Å²) in [7, 11) is 0. The first-order valence-corrected chi connectivity index (χ1v) is 23.7. The number of carbonyl (C=O) groups is 12. The van der Waals surface area contributed by atoms with E-state index in [-0.39, 0.29) is 75.8 Å². The smallest absolute Gasteiger partial charge is 0.326 e. The fourth-order valence-corrected chi connectivity index (χ4v) is 7.62. The molecule has 2 aliphatic heterocycles. The maximum atomic E-state index is 13.5. The Morgan fingerprint density at radius 1 is 0.657 bits per heavy atom. The summed E-state index contributed by atoms with van der Waals surface area (Å²) in [6, 6.07) is -7.85. The second-order valence-corrected chi connectivity index (χ2v) is 18.4. The van der Waals surface area contributed by atoms with Crippen LogP contribution >= 0.6 is 0 Å². The third-order valence-electron chi connectivity index (χ3n) is 11.3. The molecule has 0 spiro atoms. The lowest BCUT2D eigenvalue weighted by atomic mass is 10.0. The fraction of sp³-hybridized carbons (Fsp3) is 0.727. The number of rotatable bonds is 30. The van der Waals surface area contributed by atoms with Crippen LogP contribution in [0, 0.1) is 11.8 Å². The van der Waals surface area contributed by atoms with E-state index in [1.54, 1.807) is 27.7 Å². The van der Waals surface area contributed by atoms with Crippen molar-refractivity contribution < 1.29 is 67.7 Å². The number of carboxylic acid groups (broad SMARTS) is 1. The van der Waals surface area contributed by atoms with Gasteiger partial charge in [0.25, 0.3) is 0 Å². The van der Waals surface area contributed by atoms with Crippen LogP contribution in [-0.2, 0) is 57.5 Å². The molecule has 14 N–H and O–H groups in total. The number of carboxylic acids is 1.